The molecule has 4 bridgehead atoms. The maximum Gasteiger partial charge on any atom is 0.232 e. The first-order chi connectivity index (χ1) is 9.43. The Morgan fingerprint density at radius 1 is 0.750 bits per heavy atom. The molecule has 1 fully saturated rings. The van der Waals surface area contributed by atoms with Gasteiger partial charge in [0.25, 0.3) is 0 Å². The van der Waals surface area contributed by atoms with Gasteiger partial charge in [-0.3, -0.25) is 9.59 Å². The minimum absolute atomic E-state index is 0.119. The second kappa shape index (κ2) is 4.47. The third-order valence-electron chi connectivity index (χ3n) is 4.60. The van der Waals surface area contributed by atoms with Gasteiger partial charge in [-0.25, -0.2) is 0 Å². The molecular weight excluding hydrogens is 252 g/mol. The van der Waals surface area contributed by atoms with Gasteiger partial charge >= 0.3 is 0 Å². The van der Waals surface area contributed by atoms with Gasteiger partial charge in [0.2, 0.25) is 11.8 Å². The van der Waals surface area contributed by atoms with Crippen LogP contribution in [-0.2, 0) is 9.59 Å². The minimum Gasteiger partial charge on any atom is -0.332 e. The van der Waals surface area contributed by atoms with Crippen molar-refractivity contribution in [3.8, 4) is 0 Å². The van der Waals surface area contributed by atoms with E-state index in [4.69, 9.17) is 0 Å². The molecule has 0 aromatic heterocycles. The molecule has 4 unspecified atom stereocenters. The number of carbonyl (C=O) groups is 2. The summed E-state index contributed by atoms with van der Waals surface area (Å²) in [5.74, 6) is -0.162. The number of amides is 2. The van der Waals surface area contributed by atoms with E-state index in [-0.39, 0.29) is 47.8 Å². The number of rotatable bonds is 2. The van der Waals surface area contributed by atoms with Gasteiger partial charge in [0.15, 0.2) is 0 Å². The lowest BCUT2D eigenvalue weighted by Crippen LogP contribution is -2.65. The molecule has 4 heteroatoms. The molecule has 0 radical (unpaired) electrons. The van der Waals surface area contributed by atoms with Crippen LogP contribution >= 0.6 is 0 Å². The van der Waals surface area contributed by atoms with E-state index in [9.17, 15) is 9.59 Å². The van der Waals surface area contributed by atoms with Crippen LogP contribution in [0.25, 0.3) is 0 Å². The number of hydrogen-bond acceptors (Lipinski definition) is 2. The first-order valence-corrected chi connectivity index (χ1v) is 7.44. The fourth-order valence-corrected chi connectivity index (χ4v) is 3.76. The van der Waals surface area contributed by atoms with Gasteiger partial charge in [0.05, 0.1) is 23.9 Å². The van der Waals surface area contributed by atoms with Crippen molar-refractivity contribution in [1.29, 1.82) is 0 Å². The number of carbonyl (C=O) groups excluding carboxylic acids is 2. The summed E-state index contributed by atoms with van der Waals surface area (Å²) in [6.07, 6.45) is 8.13. The molecule has 0 aromatic rings. The Hall–Kier alpha value is -1.58. The van der Waals surface area contributed by atoms with Gasteiger partial charge in [-0.2, -0.15) is 0 Å². The quantitative estimate of drug-likeness (QED) is 0.717. The predicted octanol–water partition coefficient (Wildman–Crippen LogP) is 1.58. The normalized spacial score (nSPS) is 35.5. The molecule has 0 aromatic carbocycles. The summed E-state index contributed by atoms with van der Waals surface area (Å²) in [5.41, 5.74) is 0. The van der Waals surface area contributed by atoms with E-state index in [2.05, 4.69) is 12.2 Å². The molecular formula is C16H22N2O2. The minimum atomic E-state index is -0.238. The fourth-order valence-electron chi connectivity index (χ4n) is 3.76. The molecule has 1 saturated heterocycles. The lowest BCUT2D eigenvalue weighted by Gasteiger charge is -2.51. The Bertz CT molecular complexity index is 461. The van der Waals surface area contributed by atoms with Crippen molar-refractivity contribution < 1.29 is 9.59 Å². The summed E-state index contributed by atoms with van der Waals surface area (Å²) in [6, 6.07) is -0.0315. The van der Waals surface area contributed by atoms with Crippen LogP contribution < -0.4 is 0 Å². The molecule has 6 aliphatic rings. The lowest BCUT2D eigenvalue weighted by molar-refractivity contribution is -0.154. The monoisotopic (exact) mass is 274 g/mol. The summed E-state index contributed by atoms with van der Waals surface area (Å²) in [7, 11) is 0. The second-order valence-electron chi connectivity index (χ2n) is 6.48. The van der Waals surface area contributed by atoms with E-state index in [0.29, 0.717) is 0 Å². The average Bonchev–Trinajstić information content (AvgIpc) is 2.33. The number of nitrogens with zero attached hydrogens (tertiary/aromatic N) is 2. The van der Waals surface area contributed by atoms with Crippen LogP contribution in [0, 0.1) is 11.8 Å². The molecule has 4 nitrogen and oxygen atoms in total. The molecule has 0 spiro atoms. The molecule has 5 heterocycles. The van der Waals surface area contributed by atoms with Crippen molar-refractivity contribution in [2.24, 2.45) is 11.8 Å². The van der Waals surface area contributed by atoms with E-state index >= 15 is 0 Å². The van der Waals surface area contributed by atoms with Gasteiger partial charge < -0.3 is 9.80 Å². The van der Waals surface area contributed by atoms with Gasteiger partial charge in [-0.15, -0.1) is 0 Å². The zero-order valence-corrected chi connectivity index (χ0v) is 12.5. The van der Waals surface area contributed by atoms with Crippen molar-refractivity contribution >= 4 is 11.8 Å². The molecule has 4 atom stereocenters. The molecule has 5 aliphatic heterocycles. The Labute approximate surface area is 120 Å². The Morgan fingerprint density at radius 2 is 1.10 bits per heavy atom. The topological polar surface area (TPSA) is 40.6 Å². The standard InChI is InChI=1S/C16H22N2O2/c1-9(2)17-13-7-5-12(15(17)19)14-8-6-11(13)16(20)18(14)10(3)4/h5-14H,1-4H3. The maximum atomic E-state index is 12.8. The summed E-state index contributed by atoms with van der Waals surface area (Å²) in [4.78, 5) is 29.3. The van der Waals surface area contributed by atoms with Gasteiger partial charge in [-0.05, 0) is 27.7 Å². The van der Waals surface area contributed by atoms with Crippen molar-refractivity contribution in [1.82, 2.24) is 9.80 Å². The largest absolute Gasteiger partial charge is 0.332 e. The van der Waals surface area contributed by atoms with E-state index in [1.54, 1.807) is 0 Å². The van der Waals surface area contributed by atoms with Crippen molar-refractivity contribution in [2.75, 3.05) is 0 Å². The highest BCUT2D eigenvalue weighted by atomic mass is 16.2. The maximum absolute atomic E-state index is 12.8. The molecule has 6 rings (SSSR count). The Balaban J connectivity index is 2.12. The van der Waals surface area contributed by atoms with Crippen molar-refractivity contribution in [2.45, 2.75) is 51.9 Å². The van der Waals surface area contributed by atoms with Crippen LogP contribution in [0.3, 0.4) is 0 Å². The summed E-state index contributed by atoms with van der Waals surface area (Å²) < 4.78 is 0. The van der Waals surface area contributed by atoms with Crippen molar-refractivity contribution in [3.63, 3.8) is 0 Å². The summed E-state index contributed by atoms with van der Waals surface area (Å²) >= 11 is 0. The smallest absolute Gasteiger partial charge is 0.232 e. The van der Waals surface area contributed by atoms with E-state index < -0.39 is 0 Å². The zero-order valence-electron chi connectivity index (χ0n) is 12.5. The third kappa shape index (κ3) is 1.67. The van der Waals surface area contributed by atoms with Crippen LogP contribution in [0.15, 0.2) is 24.3 Å². The molecule has 2 amide bonds. The molecule has 0 N–H and O–H groups in total. The van der Waals surface area contributed by atoms with Crippen molar-refractivity contribution in [3.05, 3.63) is 24.3 Å². The van der Waals surface area contributed by atoms with E-state index in [0.717, 1.165) is 0 Å². The average molecular weight is 274 g/mol. The first-order valence-electron chi connectivity index (χ1n) is 7.44. The molecule has 0 saturated carbocycles. The molecule has 108 valence electrons. The molecule has 20 heavy (non-hydrogen) atoms. The molecule has 1 aliphatic carbocycles. The first kappa shape index (κ1) is 13.4. The lowest BCUT2D eigenvalue weighted by atomic mass is 9.77. The number of hydrogen-bond donors (Lipinski definition) is 0. The summed E-state index contributed by atoms with van der Waals surface area (Å²) in [5, 5.41) is 0. The van der Waals surface area contributed by atoms with Crippen LogP contribution in [0.4, 0.5) is 0 Å². The van der Waals surface area contributed by atoms with E-state index in [1.807, 2.05) is 49.6 Å². The van der Waals surface area contributed by atoms with Crippen LogP contribution in [0.1, 0.15) is 27.7 Å². The Kier molecular flexibility index (Phi) is 3.00. The Morgan fingerprint density at radius 3 is 1.40 bits per heavy atom. The van der Waals surface area contributed by atoms with E-state index in [1.165, 1.54) is 0 Å². The third-order valence-corrected chi connectivity index (χ3v) is 4.60. The predicted molar refractivity (Wildman–Crippen MR) is 76.8 cm³/mol. The highest BCUT2D eigenvalue weighted by Crippen LogP contribution is 2.38. The van der Waals surface area contributed by atoms with Crippen LogP contribution in [-0.4, -0.2) is 45.8 Å². The van der Waals surface area contributed by atoms with Gasteiger partial charge in [0, 0.05) is 12.1 Å². The van der Waals surface area contributed by atoms with Crippen LogP contribution in [0.5, 0.6) is 0 Å². The highest BCUT2D eigenvalue weighted by Gasteiger charge is 2.50. The van der Waals surface area contributed by atoms with Crippen LogP contribution in [0.2, 0.25) is 0 Å². The van der Waals surface area contributed by atoms with Gasteiger partial charge in [-0.1, -0.05) is 24.3 Å². The second-order valence-corrected chi connectivity index (χ2v) is 6.48. The highest BCUT2D eigenvalue weighted by molar-refractivity contribution is 5.91. The summed E-state index contributed by atoms with van der Waals surface area (Å²) in [6.45, 7) is 8.07. The SMILES string of the molecule is CC(C)N1C(=O)C2C=CC1C1C=CC2N(C(C)C)C1=O. The fraction of sp³-hybridized carbons (Fsp3) is 0.625. The van der Waals surface area contributed by atoms with Gasteiger partial charge in [0.1, 0.15) is 0 Å². The zero-order chi connectivity index (χ0) is 14.6.